The van der Waals surface area contributed by atoms with E-state index in [1.165, 1.54) is 28.6 Å². The summed E-state index contributed by atoms with van der Waals surface area (Å²) in [6, 6.07) is 13.5. The summed E-state index contributed by atoms with van der Waals surface area (Å²) < 4.78 is 36.6. The van der Waals surface area contributed by atoms with Crippen LogP contribution in [0.4, 0.5) is 5.69 Å². The maximum absolute atomic E-state index is 12.6. The van der Waals surface area contributed by atoms with Crippen LogP contribution in [0.15, 0.2) is 53.4 Å². The van der Waals surface area contributed by atoms with E-state index in [2.05, 4.69) is 5.32 Å². The Hall–Kier alpha value is -3.26. The Labute approximate surface area is 173 Å². The Morgan fingerprint density at radius 3 is 2.30 bits per heavy atom. The molecule has 0 aliphatic carbocycles. The van der Waals surface area contributed by atoms with E-state index in [9.17, 15) is 18.0 Å². The molecule has 1 N–H and O–H groups in total. The van der Waals surface area contributed by atoms with E-state index in [1.807, 2.05) is 6.07 Å². The summed E-state index contributed by atoms with van der Waals surface area (Å²) in [5, 5.41) is 11.3. The molecule has 0 aromatic heterocycles. The van der Waals surface area contributed by atoms with E-state index in [4.69, 9.17) is 14.7 Å². The number of hydrogen-bond acceptors (Lipinski definition) is 7. The van der Waals surface area contributed by atoms with Gasteiger partial charge in [-0.2, -0.15) is 9.57 Å². The number of rotatable bonds is 6. The van der Waals surface area contributed by atoms with E-state index in [0.717, 1.165) is 0 Å². The molecule has 0 bridgehead atoms. The number of carbonyl (C=O) groups is 2. The second-order valence-electron chi connectivity index (χ2n) is 6.35. The molecule has 1 saturated heterocycles. The van der Waals surface area contributed by atoms with Crippen molar-refractivity contribution in [1.82, 2.24) is 4.31 Å². The molecule has 0 atom stereocenters. The SMILES string of the molecule is N#Cc1ccc(NC(=O)COC(=O)c2ccc(S(=O)(=O)N3CCOCC3)cc2)cc1. The van der Waals surface area contributed by atoms with E-state index in [-0.39, 0.29) is 23.5 Å². The third kappa shape index (κ3) is 5.21. The molecule has 9 nitrogen and oxygen atoms in total. The van der Waals surface area contributed by atoms with Crippen LogP contribution < -0.4 is 5.32 Å². The number of nitriles is 1. The molecule has 1 aliphatic heterocycles. The lowest BCUT2D eigenvalue weighted by Crippen LogP contribution is -2.40. The van der Waals surface area contributed by atoms with Crippen LogP contribution in [0, 0.1) is 11.3 Å². The second kappa shape index (κ2) is 9.49. The minimum Gasteiger partial charge on any atom is -0.452 e. The van der Waals surface area contributed by atoms with Crippen molar-refractivity contribution in [2.45, 2.75) is 4.90 Å². The van der Waals surface area contributed by atoms with Crippen LogP contribution in [0.5, 0.6) is 0 Å². The average molecular weight is 429 g/mol. The summed E-state index contributed by atoms with van der Waals surface area (Å²) in [6.07, 6.45) is 0. The van der Waals surface area contributed by atoms with Gasteiger partial charge in [-0.15, -0.1) is 0 Å². The number of benzene rings is 2. The predicted octanol–water partition coefficient (Wildman–Crippen LogP) is 1.37. The van der Waals surface area contributed by atoms with Gasteiger partial charge in [0.25, 0.3) is 5.91 Å². The average Bonchev–Trinajstić information content (AvgIpc) is 2.78. The van der Waals surface area contributed by atoms with Gasteiger partial charge in [-0.3, -0.25) is 4.79 Å². The number of anilines is 1. The third-order valence-electron chi connectivity index (χ3n) is 4.33. The maximum Gasteiger partial charge on any atom is 0.338 e. The molecule has 0 unspecified atom stereocenters. The molecule has 0 spiro atoms. The van der Waals surface area contributed by atoms with Crippen molar-refractivity contribution < 1.29 is 27.5 Å². The highest BCUT2D eigenvalue weighted by Crippen LogP contribution is 2.18. The van der Waals surface area contributed by atoms with Gasteiger partial charge in [0.2, 0.25) is 10.0 Å². The van der Waals surface area contributed by atoms with Crippen LogP contribution in [0.1, 0.15) is 15.9 Å². The predicted molar refractivity (Wildman–Crippen MR) is 106 cm³/mol. The number of nitrogens with zero attached hydrogens (tertiary/aromatic N) is 2. The van der Waals surface area contributed by atoms with Gasteiger partial charge in [-0.05, 0) is 48.5 Å². The van der Waals surface area contributed by atoms with Gasteiger partial charge in [0.15, 0.2) is 6.61 Å². The zero-order valence-electron chi connectivity index (χ0n) is 15.9. The van der Waals surface area contributed by atoms with E-state index < -0.39 is 28.5 Å². The number of morpholine rings is 1. The molecule has 3 rings (SSSR count). The summed E-state index contributed by atoms with van der Waals surface area (Å²) in [6.45, 7) is 0.732. The minimum atomic E-state index is -3.65. The highest BCUT2D eigenvalue weighted by Gasteiger charge is 2.26. The lowest BCUT2D eigenvalue weighted by atomic mass is 10.2. The molecule has 30 heavy (non-hydrogen) atoms. The molecule has 156 valence electrons. The van der Waals surface area contributed by atoms with Gasteiger partial charge < -0.3 is 14.8 Å². The first kappa shape index (κ1) is 21.4. The Morgan fingerprint density at radius 1 is 1.07 bits per heavy atom. The van der Waals surface area contributed by atoms with Crippen LogP contribution >= 0.6 is 0 Å². The summed E-state index contributed by atoms with van der Waals surface area (Å²) in [5.41, 5.74) is 1.05. The number of hydrogen-bond donors (Lipinski definition) is 1. The molecular weight excluding hydrogens is 410 g/mol. The van der Waals surface area contributed by atoms with E-state index in [1.54, 1.807) is 24.3 Å². The van der Waals surface area contributed by atoms with Gasteiger partial charge in [-0.1, -0.05) is 0 Å². The van der Waals surface area contributed by atoms with Gasteiger partial charge in [0.05, 0.1) is 35.3 Å². The monoisotopic (exact) mass is 429 g/mol. The van der Waals surface area contributed by atoms with Gasteiger partial charge in [-0.25, -0.2) is 13.2 Å². The van der Waals surface area contributed by atoms with Crippen molar-refractivity contribution in [2.75, 3.05) is 38.2 Å². The molecule has 2 aromatic rings. The van der Waals surface area contributed by atoms with Crippen molar-refractivity contribution in [3.8, 4) is 6.07 Å². The number of carbonyl (C=O) groups excluding carboxylic acids is 2. The molecule has 10 heteroatoms. The first-order valence-corrected chi connectivity index (χ1v) is 10.5. The van der Waals surface area contributed by atoms with E-state index >= 15 is 0 Å². The molecule has 0 radical (unpaired) electrons. The quantitative estimate of drug-likeness (QED) is 0.688. The highest BCUT2D eigenvalue weighted by atomic mass is 32.2. The normalized spacial score (nSPS) is 14.5. The van der Waals surface area contributed by atoms with Crippen molar-refractivity contribution in [3.63, 3.8) is 0 Å². The number of esters is 1. The fourth-order valence-corrected chi connectivity index (χ4v) is 4.15. The molecular formula is C20H19N3O6S. The van der Waals surface area contributed by atoms with Gasteiger partial charge >= 0.3 is 5.97 Å². The molecule has 1 heterocycles. The maximum atomic E-state index is 12.6. The number of nitrogens with one attached hydrogen (secondary N) is 1. The fraction of sp³-hybridized carbons (Fsp3) is 0.250. The van der Waals surface area contributed by atoms with Crippen molar-refractivity contribution in [2.24, 2.45) is 0 Å². The van der Waals surface area contributed by atoms with Crippen LogP contribution in [-0.2, 0) is 24.3 Å². The van der Waals surface area contributed by atoms with Gasteiger partial charge in [0, 0.05) is 18.8 Å². The third-order valence-corrected chi connectivity index (χ3v) is 6.24. The number of amides is 1. The van der Waals surface area contributed by atoms with Crippen molar-refractivity contribution in [1.29, 1.82) is 5.26 Å². The highest BCUT2D eigenvalue weighted by molar-refractivity contribution is 7.89. The Balaban J connectivity index is 1.55. The first-order valence-electron chi connectivity index (χ1n) is 9.05. The standard InChI is InChI=1S/C20H19N3O6S/c21-13-15-1-5-17(6-2-15)22-19(24)14-29-20(25)16-3-7-18(8-4-16)30(26,27)23-9-11-28-12-10-23/h1-8H,9-12,14H2,(H,22,24). The first-order chi connectivity index (χ1) is 14.4. The summed E-state index contributed by atoms with van der Waals surface area (Å²) >= 11 is 0. The van der Waals surface area contributed by atoms with Crippen molar-refractivity contribution >= 4 is 27.6 Å². The summed E-state index contributed by atoms with van der Waals surface area (Å²) in [5.74, 6) is -1.29. The Bertz CT molecular complexity index is 1050. The zero-order chi connectivity index (χ0) is 21.6. The fourth-order valence-electron chi connectivity index (χ4n) is 2.74. The number of sulfonamides is 1. The molecule has 2 aromatic carbocycles. The Morgan fingerprint density at radius 2 is 1.70 bits per heavy atom. The molecule has 1 fully saturated rings. The topological polar surface area (TPSA) is 126 Å². The number of ether oxygens (including phenoxy) is 2. The summed E-state index contributed by atoms with van der Waals surface area (Å²) in [4.78, 5) is 24.1. The molecule has 1 aliphatic rings. The van der Waals surface area contributed by atoms with E-state index in [0.29, 0.717) is 24.5 Å². The Kier molecular flexibility index (Phi) is 6.79. The zero-order valence-corrected chi connectivity index (χ0v) is 16.7. The largest absolute Gasteiger partial charge is 0.452 e. The molecule has 1 amide bonds. The smallest absolute Gasteiger partial charge is 0.338 e. The van der Waals surface area contributed by atoms with Crippen molar-refractivity contribution in [3.05, 3.63) is 59.7 Å². The van der Waals surface area contributed by atoms with Crippen LogP contribution in [-0.4, -0.2) is 57.5 Å². The van der Waals surface area contributed by atoms with Crippen LogP contribution in [0.25, 0.3) is 0 Å². The van der Waals surface area contributed by atoms with Crippen LogP contribution in [0.3, 0.4) is 0 Å². The van der Waals surface area contributed by atoms with Crippen LogP contribution in [0.2, 0.25) is 0 Å². The van der Waals surface area contributed by atoms with Gasteiger partial charge in [0.1, 0.15) is 0 Å². The molecule has 0 saturated carbocycles. The lowest BCUT2D eigenvalue weighted by molar-refractivity contribution is -0.119. The second-order valence-corrected chi connectivity index (χ2v) is 8.29. The summed E-state index contributed by atoms with van der Waals surface area (Å²) in [7, 11) is -3.65. The minimum absolute atomic E-state index is 0.0690. The lowest BCUT2D eigenvalue weighted by Gasteiger charge is -2.26.